The minimum atomic E-state index is 0.130. The van der Waals surface area contributed by atoms with E-state index in [4.69, 9.17) is 0 Å². The van der Waals surface area contributed by atoms with E-state index in [2.05, 4.69) is 48.6 Å². The van der Waals surface area contributed by atoms with Crippen LogP contribution in [0.4, 0.5) is 0 Å². The smallest absolute Gasteiger partial charge is 0.178 e. The molecule has 2 nitrogen and oxygen atoms in total. The average molecular weight is 294 g/mol. The van der Waals surface area contributed by atoms with Gasteiger partial charge >= 0.3 is 0 Å². The summed E-state index contributed by atoms with van der Waals surface area (Å²) in [5, 5.41) is 15.3. The molecule has 3 rings (SSSR count). The van der Waals surface area contributed by atoms with Crippen molar-refractivity contribution >= 4 is 0 Å². The lowest BCUT2D eigenvalue weighted by Crippen LogP contribution is -2.35. The highest BCUT2D eigenvalue weighted by molar-refractivity contribution is 5.30. The zero-order valence-corrected chi connectivity index (χ0v) is 13.2. The molecular weight excluding hydrogens is 270 g/mol. The van der Waals surface area contributed by atoms with Crippen molar-refractivity contribution < 1.29 is 5.11 Å². The standard InChI is InChI=1S/C20H24NO/c1-15(16-7-3-2-4-8-16)21-19-11-5-9-17(13-19)18-10-6-12-20(22)14-18/h2-4,6-8,10,12,14-15,17,19,21H,5,9,11,13H2,1H3. The summed E-state index contributed by atoms with van der Waals surface area (Å²) < 4.78 is 0. The summed E-state index contributed by atoms with van der Waals surface area (Å²) in [6.45, 7) is 2.23. The van der Waals surface area contributed by atoms with Crippen molar-refractivity contribution in [1.82, 2.24) is 5.32 Å². The second kappa shape index (κ2) is 6.97. The summed E-state index contributed by atoms with van der Waals surface area (Å²) in [7, 11) is 0. The Morgan fingerprint density at radius 1 is 1.05 bits per heavy atom. The van der Waals surface area contributed by atoms with Gasteiger partial charge in [0.1, 0.15) is 0 Å². The largest absolute Gasteiger partial charge is 0.307 e. The number of hydrogen-bond acceptors (Lipinski definition) is 1. The summed E-state index contributed by atoms with van der Waals surface area (Å²) in [4.78, 5) is 0. The molecule has 0 aliphatic heterocycles. The first-order valence-corrected chi connectivity index (χ1v) is 8.30. The van der Waals surface area contributed by atoms with Crippen LogP contribution in [-0.2, 0) is 5.11 Å². The summed E-state index contributed by atoms with van der Waals surface area (Å²) in [5.74, 6) is 0.647. The molecule has 2 aromatic rings. The maximum Gasteiger partial charge on any atom is 0.178 e. The number of benzene rings is 2. The Hall–Kier alpha value is -1.80. The molecule has 115 valence electrons. The number of hydrogen-bond donors (Lipinski definition) is 1. The SMILES string of the molecule is CC(NC1CCCC(c2cccc([O])c2)C1)c1ccccc1. The molecule has 1 saturated carbocycles. The van der Waals surface area contributed by atoms with Crippen molar-refractivity contribution in [3.63, 3.8) is 0 Å². The fourth-order valence-corrected chi connectivity index (χ4v) is 3.60. The molecule has 0 amide bonds. The summed E-state index contributed by atoms with van der Waals surface area (Å²) in [6.07, 6.45) is 4.78. The maximum absolute atomic E-state index is 11.6. The van der Waals surface area contributed by atoms with Crippen molar-refractivity contribution in [3.05, 3.63) is 65.7 Å². The Balaban J connectivity index is 1.63. The molecule has 2 heteroatoms. The topological polar surface area (TPSA) is 31.9 Å². The van der Waals surface area contributed by atoms with E-state index in [1.807, 2.05) is 12.1 Å². The molecular formula is C20H24NO. The predicted molar refractivity (Wildman–Crippen MR) is 89.6 cm³/mol. The minimum absolute atomic E-state index is 0.130. The van der Waals surface area contributed by atoms with E-state index in [0.717, 1.165) is 6.42 Å². The van der Waals surface area contributed by atoms with E-state index < -0.39 is 0 Å². The Bertz CT molecular complexity index is 596. The highest BCUT2D eigenvalue weighted by Crippen LogP contribution is 2.35. The third-order valence-corrected chi connectivity index (χ3v) is 4.79. The lowest BCUT2D eigenvalue weighted by Gasteiger charge is -2.32. The second-order valence-electron chi connectivity index (χ2n) is 6.43. The minimum Gasteiger partial charge on any atom is -0.307 e. The van der Waals surface area contributed by atoms with Crippen LogP contribution in [0.1, 0.15) is 55.7 Å². The van der Waals surface area contributed by atoms with Crippen LogP contribution in [0.5, 0.6) is 5.75 Å². The van der Waals surface area contributed by atoms with Crippen LogP contribution in [0.25, 0.3) is 0 Å². The van der Waals surface area contributed by atoms with Gasteiger partial charge in [-0.3, -0.25) is 5.11 Å². The predicted octanol–water partition coefficient (Wildman–Crippen LogP) is 5.21. The lowest BCUT2D eigenvalue weighted by molar-refractivity contribution is 0.316. The zero-order chi connectivity index (χ0) is 15.4. The second-order valence-corrected chi connectivity index (χ2v) is 6.43. The number of rotatable bonds is 4. The van der Waals surface area contributed by atoms with Gasteiger partial charge in [-0.05, 0) is 55.4 Å². The van der Waals surface area contributed by atoms with E-state index in [9.17, 15) is 5.11 Å². The van der Waals surface area contributed by atoms with Crippen molar-refractivity contribution in [3.8, 4) is 5.75 Å². The third kappa shape index (κ3) is 3.69. The molecule has 1 N–H and O–H groups in total. The van der Waals surface area contributed by atoms with Gasteiger partial charge in [-0.2, -0.15) is 0 Å². The molecule has 0 heterocycles. The van der Waals surface area contributed by atoms with E-state index in [-0.39, 0.29) is 5.75 Å². The highest BCUT2D eigenvalue weighted by Gasteiger charge is 2.24. The molecule has 0 aromatic heterocycles. The van der Waals surface area contributed by atoms with Crippen LogP contribution in [0.2, 0.25) is 0 Å². The first kappa shape index (κ1) is 15.1. The third-order valence-electron chi connectivity index (χ3n) is 4.79. The summed E-state index contributed by atoms with van der Waals surface area (Å²) in [6, 6.07) is 19.0. The monoisotopic (exact) mass is 294 g/mol. The Kier molecular flexibility index (Phi) is 4.79. The highest BCUT2D eigenvalue weighted by atomic mass is 16.3. The van der Waals surface area contributed by atoms with E-state index in [0.29, 0.717) is 18.0 Å². The van der Waals surface area contributed by atoms with Crippen molar-refractivity contribution in [2.24, 2.45) is 0 Å². The molecule has 2 aromatic carbocycles. The Labute approximate surface area is 133 Å². The fourth-order valence-electron chi connectivity index (χ4n) is 3.60. The van der Waals surface area contributed by atoms with Gasteiger partial charge in [-0.1, -0.05) is 48.9 Å². The van der Waals surface area contributed by atoms with Gasteiger partial charge in [0.2, 0.25) is 0 Å². The van der Waals surface area contributed by atoms with Crippen molar-refractivity contribution in [2.75, 3.05) is 0 Å². The van der Waals surface area contributed by atoms with Crippen LogP contribution in [0, 0.1) is 0 Å². The number of nitrogens with one attached hydrogen (secondary N) is 1. The van der Waals surface area contributed by atoms with Gasteiger partial charge in [0.25, 0.3) is 0 Å². The van der Waals surface area contributed by atoms with E-state index in [1.54, 1.807) is 6.07 Å². The van der Waals surface area contributed by atoms with Crippen LogP contribution >= 0.6 is 0 Å². The fraction of sp³-hybridized carbons (Fsp3) is 0.400. The van der Waals surface area contributed by atoms with Crippen molar-refractivity contribution in [1.29, 1.82) is 0 Å². The van der Waals surface area contributed by atoms with Gasteiger partial charge in [0.05, 0.1) is 0 Å². The molecule has 1 fully saturated rings. The first-order chi connectivity index (χ1) is 10.7. The van der Waals surface area contributed by atoms with Crippen LogP contribution in [0.3, 0.4) is 0 Å². The maximum atomic E-state index is 11.6. The molecule has 22 heavy (non-hydrogen) atoms. The lowest BCUT2D eigenvalue weighted by atomic mass is 9.81. The van der Waals surface area contributed by atoms with Crippen LogP contribution in [-0.4, -0.2) is 6.04 Å². The molecule has 3 unspecified atom stereocenters. The van der Waals surface area contributed by atoms with Crippen LogP contribution < -0.4 is 5.32 Å². The van der Waals surface area contributed by atoms with Gasteiger partial charge in [0.15, 0.2) is 5.75 Å². The van der Waals surface area contributed by atoms with Gasteiger partial charge < -0.3 is 5.32 Å². The van der Waals surface area contributed by atoms with Gasteiger partial charge in [-0.15, -0.1) is 0 Å². The van der Waals surface area contributed by atoms with Crippen LogP contribution in [0.15, 0.2) is 54.6 Å². The van der Waals surface area contributed by atoms with Gasteiger partial charge in [0, 0.05) is 12.1 Å². The average Bonchev–Trinajstić information content (AvgIpc) is 2.56. The van der Waals surface area contributed by atoms with Gasteiger partial charge in [-0.25, -0.2) is 0 Å². The zero-order valence-electron chi connectivity index (χ0n) is 13.2. The molecule has 0 spiro atoms. The molecule has 3 atom stereocenters. The summed E-state index contributed by atoms with van der Waals surface area (Å²) >= 11 is 0. The Morgan fingerprint density at radius 2 is 1.86 bits per heavy atom. The molecule has 1 radical (unpaired) electrons. The molecule has 0 bridgehead atoms. The Morgan fingerprint density at radius 3 is 2.64 bits per heavy atom. The molecule has 1 aliphatic rings. The first-order valence-electron chi connectivity index (χ1n) is 8.30. The van der Waals surface area contributed by atoms with E-state index >= 15 is 0 Å². The molecule has 1 aliphatic carbocycles. The summed E-state index contributed by atoms with van der Waals surface area (Å²) in [5.41, 5.74) is 2.55. The normalized spacial score (nSPS) is 23.1. The quantitative estimate of drug-likeness (QED) is 0.825. The van der Waals surface area contributed by atoms with E-state index in [1.165, 1.54) is 30.4 Å². The van der Waals surface area contributed by atoms with Crippen molar-refractivity contribution in [2.45, 2.75) is 50.6 Å². The molecule has 0 saturated heterocycles.